The predicted molar refractivity (Wildman–Crippen MR) is 156 cm³/mol. The van der Waals surface area contributed by atoms with Gasteiger partial charge >= 0.3 is 5.97 Å². The molecule has 10 heteroatoms. The van der Waals surface area contributed by atoms with Gasteiger partial charge in [-0.1, -0.05) is 6.07 Å². The first-order chi connectivity index (χ1) is 20.0. The van der Waals surface area contributed by atoms with Gasteiger partial charge in [0.05, 0.1) is 0 Å². The predicted octanol–water partition coefficient (Wildman–Crippen LogP) is 4.91. The number of benzene rings is 1. The van der Waals surface area contributed by atoms with E-state index in [0.29, 0.717) is 43.7 Å². The smallest absolute Gasteiger partial charge is 0.326 e. The second-order valence-corrected chi connectivity index (χ2v) is 10.9. The monoisotopic (exact) mass is 562 g/mol. The van der Waals surface area contributed by atoms with Crippen LogP contribution in [0.4, 0.5) is 16.2 Å². The second-order valence-electron chi connectivity index (χ2n) is 10.9. The molecule has 1 atom stereocenters. The lowest BCUT2D eigenvalue weighted by molar-refractivity contribution is -0.138. The Morgan fingerprint density at radius 1 is 1.10 bits per heavy atom. The molecule has 0 radical (unpaired) electrons. The number of nitrogens with zero attached hydrogens (tertiary/aromatic N) is 4. The number of carboxylic acids is 1. The maximum atomic E-state index is 13.2. The van der Waals surface area contributed by atoms with Crippen LogP contribution in [0, 0.1) is 5.82 Å². The maximum Gasteiger partial charge on any atom is 0.326 e. The number of hydrogen-bond acceptors (Lipinski definition) is 8. The minimum Gasteiger partial charge on any atom is -0.492 e. The zero-order chi connectivity index (χ0) is 28.4. The van der Waals surface area contributed by atoms with Gasteiger partial charge in [0.2, 0.25) is 5.95 Å². The molecule has 2 aromatic heterocycles. The van der Waals surface area contributed by atoms with Crippen LogP contribution in [-0.2, 0) is 17.6 Å². The maximum absolute atomic E-state index is 13.2. The van der Waals surface area contributed by atoms with E-state index in [1.807, 2.05) is 0 Å². The van der Waals surface area contributed by atoms with Crippen LogP contribution >= 0.6 is 0 Å². The molecular formula is C31H39FN6O3. The van der Waals surface area contributed by atoms with E-state index in [-0.39, 0.29) is 5.82 Å². The first-order valence-electron chi connectivity index (χ1n) is 14.7. The summed E-state index contributed by atoms with van der Waals surface area (Å²) in [5, 5.41) is 16.3. The summed E-state index contributed by atoms with van der Waals surface area (Å²) in [6.45, 7) is 3.38. The minimum absolute atomic E-state index is 0.304. The fourth-order valence-corrected chi connectivity index (χ4v) is 5.07. The lowest BCUT2D eigenvalue weighted by atomic mass is 10.1. The summed E-state index contributed by atoms with van der Waals surface area (Å²) in [5.41, 5.74) is 3.49. The molecule has 1 aromatic carbocycles. The molecule has 5 rings (SSSR count). The molecule has 3 N–H and O–H groups in total. The average molecular weight is 563 g/mol. The van der Waals surface area contributed by atoms with Crippen molar-refractivity contribution in [3.05, 3.63) is 71.4 Å². The summed E-state index contributed by atoms with van der Waals surface area (Å²) in [4.78, 5) is 27.7. The number of pyridine rings is 1. The molecule has 1 aliphatic heterocycles. The molecule has 0 bridgehead atoms. The number of nitrogens with one attached hydrogen (secondary N) is 2. The highest BCUT2D eigenvalue weighted by molar-refractivity contribution is 5.76. The summed E-state index contributed by atoms with van der Waals surface area (Å²) >= 11 is 0. The van der Waals surface area contributed by atoms with Gasteiger partial charge in [-0.2, -0.15) is 0 Å². The Morgan fingerprint density at radius 3 is 2.66 bits per heavy atom. The highest BCUT2D eigenvalue weighted by atomic mass is 19.1. The number of aromatic nitrogens is 3. The van der Waals surface area contributed by atoms with Crippen LogP contribution < -0.4 is 15.4 Å². The fraction of sp³-hybridized carbons (Fsp3) is 0.484. The van der Waals surface area contributed by atoms with Crippen molar-refractivity contribution < 1.29 is 19.0 Å². The lowest BCUT2D eigenvalue weighted by Gasteiger charge is -2.24. The van der Waals surface area contributed by atoms with E-state index in [0.717, 1.165) is 75.1 Å². The number of hydrogen-bond donors (Lipinski definition) is 3. The molecule has 0 amide bonds. The Labute approximate surface area is 240 Å². The molecule has 218 valence electrons. The number of rotatable bonds is 16. The van der Waals surface area contributed by atoms with E-state index in [1.54, 1.807) is 24.5 Å². The summed E-state index contributed by atoms with van der Waals surface area (Å²) < 4.78 is 19.1. The number of anilines is 2. The molecule has 0 spiro atoms. The van der Waals surface area contributed by atoms with Crippen molar-refractivity contribution >= 4 is 17.7 Å². The van der Waals surface area contributed by atoms with E-state index in [4.69, 9.17) is 9.72 Å². The summed E-state index contributed by atoms with van der Waals surface area (Å²) in [6, 6.07) is 9.47. The van der Waals surface area contributed by atoms with Crippen molar-refractivity contribution in [1.29, 1.82) is 0 Å². The van der Waals surface area contributed by atoms with Crippen molar-refractivity contribution in [2.24, 2.45) is 0 Å². The summed E-state index contributed by atoms with van der Waals surface area (Å²) in [6.07, 6.45) is 11.3. The van der Waals surface area contributed by atoms with E-state index in [9.17, 15) is 14.3 Å². The quantitative estimate of drug-likeness (QED) is 0.210. The lowest BCUT2D eigenvalue weighted by Crippen LogP contribution is -2.37. The standard InChI is InChI=1S/C31H39FN6O3/c32-25-9-12-27(13-10-25)41-19-18-38(16-2-1-5-26-11-8-23-4-3-15-33-29(23)36-26)17-14-28(30(39)40)37-31-34-20-24(21-35-31)22-6-7-22/h8-13,20-22,28H,1-7,14-19H2,(H,33,36)(H,39,40)(H,34,35,37). The number of aryl methyl sites for hydroxylation is 2. The molecular weight excluding hydrogens is 523 g/mol. The second kappa shape index (κ2) is 14.2. The van der Waals surface area contributed by atoms with Crippen LogP contribution in [0.25, 0.3) is 0 Å². The molecule has 1 saturated carbocycles. The number of aliphatic carboxylic acids is 1. The number of halogens is 1. The first kappa shape index (κ1) is 28.7. The van der Waals surface area contributed by atoms with Gasteiger partial charge in [-0.15, -0.1) is 0 Å². The van der Waals surface area contributed by atoms with Crippen LogP contribution in [-0.4, -0.2) is 69.8 Å². The van der Waals surface area contributed by atoms with E-state index in [2.05, 4.69) is 37.6 Å². The van der Waals surface area contributed by atoms with Crippen molar-refractivity contribution in [3.8, 4) is 5.75 Å². The van der Waals surface area contributed by atoms with Gasteiger partial charge in [0.1, 0.15) is 30.0 Å². The first-order valence-corrected chi connectivity index (χ1v) is 14.7. The molecule has 2 aliphatic rings. The van der Waals surface area contributed by atoms with Crippen molar-refractivity contribution in [2.75, 3.05) is 43.4 Å². The molecule has 9 nitrogen and oxygen atoms in total. The third kappa shape index (κ3) is 8.85. The third-order valence-corrected chi connectivity index (χ3v) is 7.65. The number of ether oxygens (including phenoxy) is 1. The van der Waals surface area contributed by atoms with Crippen LogP contribution in [0.3, 0.4) is 0 Å². The third-order valence-electron chi connectivity index (χ3n) is 7.65. The van der Waals surface area contributed by atoms with Crippen LogP contribution in [0.5, 0.6) is 5.75 Å². The normalized spacial score (nSPS) is 15.2. The average Bonchev–Trinajstić information content (AvgIpc) is 3.84. The fourth-order valence-electron chi connectivity index (χ4n) is 5.07. The Hall–Kier alpha value is -3.79. The van der Waals surface area contributed by atoms with Gasteiger partial charge < -0.3 is 20.5 Å². The molecule has 1 aliphatic carbocycles. The highest BCUT2D eigenvalue weighted by Crippen LogP contribution is 2.39. The number of carbonyl (C=O) groups is 1. The van der Waals surface area contributed by atoms with Gasteiger partial charge in [0.25, 0.3) is 0 Å². The molecule has 1 unspecified atom stereocenters. The van der Waals surface area contributed by atoms with Gasteiger partial charge in [0, 0.05) is 37.7 Å². The Balaban J connectivity index is 1.13. The van der Waals surface area contributed by atoms with E-state index >= 15 is 0 Å². The number of fused-ring (bicyclic) bond motifs is 1. The largest absolute Gasteiger partial charge is 0.492 e. The van der Waals surface area contributed by atoms with Gasteiger partial charge in [0.15, 0.2) is 0 Å². The van der Waals surface area contributed by atoms with Gasteiger partial charge in [-0.3, -0.25) is 4.90 Å². The van der Waals surface area contributed by atoms with E-state index in [1.165, 1.54) is 17.7 Å². The molecule has 3 aromatic rings. The topological polar surface area (TPSA) is 112 Å². The van der Waals surface area contributed by atoms with Crippen LogP contribution in [0.15, 0.2) is 48.8 Å². The Bertz CT molecular complexity index is 1270. The van der Waals surface area contributed by atoms with Gasteiger partial charge in [-0.05, 0) is 105 Å². The Kier molecular flexibility index (Phi) is 9.96. The molecule has 0 saturated heterocycles. The summed E-state index contributed by atoms with van der Waals surface area (Å²) in [7, 11) is 0. The zero-order valence-electron chi connectivity index (χ0n) is 23.4. The van der Waals surface area contributed by atoms with Crippen molar-refractivity contribution in [1.82, 2.24) is 19.9 Å². The number of carboxylic acid groups (broad SMARTS) is 1. The Morgan fingerprint density at radius 2 is 1.90 bits per heavy atom. The SMILES string of the molecule is O=C(O)C(CCN(CCCCc1ccc2c(n1)NCCC2)CCOc1ccc(F)cc1)Nc1ncc(C2CC2)cn1. The number of unbranched alkanes of at least 4 members (excludes halogenated alkanes) is 1. The van der Waals surface area contributed by atoms with Crippen LogP contribution in [0.2, 0.25) is 0 Å². The summed E-state index contributed by atoms with van der Waals surface area (Å²) in [5.74, 6) is 1.27. The molecule has 41 heavy (non-hydrogen) atoms. The minimum atomic E-state index is -0.936. The molecule has 1 fully saturated rings. The zero-order valence-corrected chi connectivity index (χ0v) is 23.4. The van der Waals surface area contributed by atoms with Gasteiger partial charge in [-0.25, -0.2) is 24.1 Å². The molecule has 3 heterocycles. The highest BCUT2D eigenvalue weighted by Gasteiger charge is 2.25. The van der Waals surface area contributed by atoms with Crippen LogP contribution in [0.1, 0.15) is 61.3 Å². The van der Waals surface area contributed by atoms with Crippen molar-refractivity contribution in [2.45, 2.75) is 63.3 Å². The van der Waals surface area contributed by atoms with Crippen molar-refractivity contribution in [3.63, 3.8) is 0 Å². The van der Waals surface area contributed by atoms with E-state index < -0.39 is 12.0 Å².